The van der Waals surface area contributed by atoms with Crippen molar-refractivity contribution in [2.24, 2.45) is 10.9 Å². The molecular weight excluding hydrogens is 284 g/mol. The predicted octanol–water partition coefficient (Wildman–Crippen LogP) is 3.03. The van der Waals surface area contributed by atoms with Gasteiger partial charge in [-0.2, -0.15) is 0 Å². The van der Waals surface area contributed by atoms with Gasteiger partial charge < -0.3 is 15.5 Å². The molecule has 1 aliphatic rings. The summed E-state index contributed by atoms with van der Waals surface area (Å²) in [6.07, 6.45) is 2.71. The minimum Gasteiger partial charge on any atom is -0.357 e. The summed E-state index contributed by atoms with van der Waals surface area (Å²) in [4.78, 5) is 7.35. The Balaban J connectivity index is 1.86. The van der Waals surface area contributed by atoms with E-state index >= 15 is 0 Å². The number of hydrogen-bond acceptors (Lipinski definition) is 2. The molecule has 1 fully saturated rings. The number of hydrogen-bond donors (Lipinski definition) is 2. The van der Waals surface area contributed by atoms with Crippen LogP contribution in [0.15, 0.2) is 35.3 Å². The fraction of sp³-hybridized carbons (Fsp3) is 0.632. The summed E-state index contributed by atoms with van der Waals surface area (Å²) < 4.78 is 0. The van der Waals surface area contributed by atoms with Crippen molar-refractivity contribution in [3.8, 4) is 0 Å². The molecule has 0 spiro atoms. The quantitative estimate of drug-likeness (QED) is 0.600. The lowest BCUT2D eigenvalue weighted by Gasteiger charge is -2.21. The Morgan fingerprint density at radius 1 is 1.17 bits per heavy atom. The molecule has 1 saturated heterocycles. The maximum absolute atomic E-state index is 4.79. The van der Waals surface area contributed by atoms with Crippen LogP contribution in [-0.4, -0.2) is 43.6 Å². The second kappa shape index (κ2) is 9.56. The van der Waals surface area contributed by atoms with E-state index in [1.165, 1.54) is 31.5 Å². The zero-order valence-corrected chi connectivity index (χ0v) is 14.9. The van der Waals surface area contributed by atoms with Crippen molar-refractivity contribution in [1.82, 2.24) is 15.5 Å². The van der Waals surface area contributed by atoms with Crippen molar-refractivity contribution < 1.29 is 0 Å². The largest absolute Gasteiger partial charge is 0.357 e. The van der Waals surface area contributed by atoms with E-state index in [4.69, 9.17) is 4.99 Å². The molecule has 0 amide bonds. The lowest BCUT2D eigenvalue weighted by atomic mass is 10.1. The third-order valence-corrected chi connectivity index (χ3v) is 4.33. The van der Waals surface area contributed by atoms with Gasteiger partial charge in [0.05, 0.1) is 6.04 Å². The first-order valence-corrected chi connectivity index (χ1v) is 9.01. The average Bonchev–Trinajstić information content (AvgIpc) is 3.06. The van der Waals surface area contributed by atoms with Crippen LogP contribution < -0.4 is 10.6 Å². The Bertz CT molecular complexity index is 466. The maximum Gasteiger partial charge on any atom is 0.191 e. The van der Waals surface area contributed by atoms with E-state index in [0.717, 1.165) is 25.6 Å². The van der Waals surface area contributed by atoms with Crippen LogP contribution >= 0.6 is 0 Å². The van der Waals surface area contributed by atoms with E-state index < -0.39 is 0 Å². The normalized spacial score (nSPS) is 18.7. The van der Waals surface area contributed by atoms with Gasteiger partial charge in [0.2, 0.25) is 0 Å². The number of nitrogens with zero attached hydrogens (tertiary/aromatic N) is 2. The van der Waals surface area contributed by atoms with Crippen molar-refractivity contribution in [2.45, 2.75) is 39.7 Å². The predicted molar refractivity (Wildman–Crippen MR) is 98.8 cm³/mol. The SMILES string of the molecule is CCNC(=NCC(C)CN1CCCC1)NC(C)c1ccccc1. The molecule has 0 radical (unpaired) electrons. The molecule has 2 N–H and O–H groups in total. The molecule has 4 nitrogen and oxygen atoms in total. The molecule has 0 bridgehead atoms. The highest BCUT2D eigenvalue weighted by Crippen LogP contribution is 2.12. The number of guanidine groups is 1. The summed E-state index contributed by atoms with van der Waals surface area (Å²) in [7, 11) is 0. The van der Waals surface area contributed by atoms with Crippen LogP contribution in [0.4, 0.5) is 0 Å². The van der Waals surface area contributed by atoms with Crippen LogP contribution in [0.5, 0.6) is 0 Å². The zero-order valence-electron chi connectivity index (χ0n) is 14.9. The summed E-state index contributed by atoms with van der Waals surface area (Å²) >= 11 is 0. The monoisotopic (exact) mass is 316 g/mol. The van der Waals surface area contributed by atoms with Crippen LogP contribution in [0.1, 0.15) is 45.2 Å². The first-order chi connectivity index (χ1) is 11.2. The van der Waals surface area contributed by atoms with Gasteiger partial charge in [-0.25, -0.2) is 0 Å². The average molecular weight is 316 g/mol. The molecule has 2 atom stereocenters. The number of nitrogens with one attached hydrogen (secondary N) is 2. The molecule has 0 aromatic heterocycles. The van der Waals surface area contributed by atoms with Crippen molar-refractivity contribution in [2.75, 3.05) is 32.7 Å². The highest BCUT2D eigenvalue weighted by atomic mass is 15.2. The van der Waals surface area contributed by atoms with Gasteiger partial charge in [0.15, 0.2) is 5.96 Å². The van der Waals surface area contributed by atoms with E-state index in [1.807, 2.05) is 0 Å². The van der Waals surface area contributed by atoms with Gasteiger partial charge in [0.25, 0.3) is 0 Å². The van der Waals surface area contributed by atoms with Crippen LogP contribution in [0.2, 0.25) is 0 Å². The lowest BCUT2D eigenvalue weighted by molar-refractivity contribution is 0.291. The molecule has 23 heavy (non-hydrogen) atoms. The molecule has 1 aliphatic heterocycles. The molecule has 4 heteroatoms. The van der Waals surface area contributed by atoms with Gasteiger partial charge in [-0.05, 0) is 51.3 Å². The number of likely N-dealkylation sites (tertiary alicyclic amines) is 1. The van der Waals surface area contributed by atoms with Gasteiger partial charge in [-0.3, -0.25) is 4.99 Å². The van der Waals surface area contributed by atoms with Crippen LogP contribution in [-0.2, 0) is 0 Å². The third-order valence-electron chi connectivity index (χ3n) is 4.33. The Morgan fingerprint density at radius 3 is 2.52 bits per heavy atom. The Morgan fingerprint density at radius 2 is 1.87 bits per heavy atom. The first kappa shape index (κ1) is 17.8. The van der Waals surface area contributed by atoms with Gasteiger partial charge in [-0.15, -0.1) is 0 Å². The van der Waals surface area contributed by atoms with Crippen molar-refractivity contribution in [3.05, 3.63) is 35.9 Å². The Labute approximate surface area is 141 Å². The van der Waals surface area contributed by atoms with Crippen LogP contribution in [0.25, 0.3) is 0 Å². The third kappa shape index (κ3) is 6.22. The maximum atomic E-state index is 4.79. The van der Waals surface area contributed by atoms with E-state index in [1.54, 1.807) is 0 Å². The Hall–Kier alpha value is -1.55. The molecule has 2 rings (SSSR count). The minimum absolute atomic E-state index is 0.253. The van der Waals surface area contributed by atoms with E-state index in [-0.39, 0.29) is 6.04 Å². The second-order valence-electron chi connectivity index (χ2n) is 6.61. The van der Waals surface area contributed by atoms with Crippen molar-refractivity contribution >= 4 is 5.96 Å². The van der Waals surface area contributed by atoms with E-state index in [2.05, 4.69) is 66.6 Å². The first-order valence-electron chi connectivity index (χ1n) is 9.01. The summed E-state index contributed by atoms with van der Waals surface area (Å²) in [6.45, 7) is 12.0. The number of rotatable bonds is 7. The summed E-state index contributed by atoms with van der Waals surface area (Å²) in [5.41, 5.74) is 1.28. The zero-order chi connectivity index (χ0) is 16.5. The number of aliphatic imine (C=N–C) groups is 1. The summed E-state index contributed by atoms with van der Waals surface area (Å²) in [5, 5.41) is 6.87. The fourth-order valence-electron chi connectivity index (χ4n) is 3.06. The molecule has 2 unspecified atom stereocenters. The van der Waals surface area contributed by atoms with E-state index in [9.17, 15) is 0 Å². The second-order valence-corrected chi connectivity index (χ2v) is 6.61. The minimum atomic E-state index is 0.253. The highest BCUT2D eigenvalue weighted by molar-refractivity contribution is 5.80. The fourth-order valence-corrected chi connectivity index (χ4v) is 3.06. The van der Waals surface area contributed by atoms with Crippen molar-refractivity contribution in [3.63, 3.8) is 0 Å². The highest BCUT2D eigenvalue weighted by Gasteiger charge is 2.14. The van der Waals surface area contributed by atoms with Gasteiger partial charge in [-0.1, -0.05) is 37.3 Å². The van der Waals surface area contributed by atoms with Gasteiger partial charge in [0, 0.05) is 19.6 Å². The molecule has 128 valence electrons. The lowest BCUT2D eigenvalue weighted by Crippen LogP contribution is -2.39. The van der Waals surface area contributed by atoms with Crippen LogP contribution in [0.3, 0.4) is 0 Å². The topological polar surface area (TPSA) is 39.7 Å². The van der Waals surface area contributed by atoms with Crippen LogP contribution in [0, 0.1) is 5.92 Å². The van der Waals surface area contributed by atoms with Gasteiger partial charge >= 0.3 is 0 Å². The molecule has 1 aromatic carbocycles. The van der Waals surface area contributed by atoms with Crippen molar-refractivity contribution in [1.29, 1.82) is 0 Å². The molecule has 0 aliphatic carbocycles. The van der Waals surface area contributed by atoms with Gasteiger partial charge in [0.1, 0.15) is 0 Å². The standard InChI is InChI=1S/C19H32N4/c1-4-20-19(22-17(3)18-10-6-5-7-11-18)21-14-16(2)15-23-12-8-9-13-23/h5-7,10-11,16-17H,4,8-9,12-15H2,1-3H3,(H2,20,21,22). The Kier molecular flexibility index (Phi) is 7.40. The molecule has 1 aromatic rings. The molecular formula is C19H32N4. The smallest absolute Gasteiger partial charge is 0.191 e. The summed E-state index contributed by atoms with van der Waals surface area (Å²) in [5.74, 6) is 1.51. The summed E-state index contributed by atoms with van der Waals surface area (Å²) in [6, 6.07) is 10.8. The number of benzene rings is 1. The molecule has 1 heterocycles. The molecule has 0 saturated carbocycles. The van der Waals surface area contributed by atoms with E-state index in [0.29, 0.717) is 5.92 Å².